The molecule has 2 spiro atoms. The summed E-state index contributed by atoms with van der Waals surface area (Å²) < 4.78 is 0. The van der Waals surface area contributed by atoms with Gasteiger partial charge in [-0.3, -0.25) is 9.59 Å². The van der Waals surface area contributed by atoms with Gasteiger partial charge in [0.15, 0.2) is 0 Å². The lowest BCUT2D eigenvalue weighted by Crippen LogP contribution is -2.53. The Balaban J connectivity index is 1.49. The van der Waals surface area contributed by atoms with Crippen LogP contribution >= 0.6 is 11.3 Å². The molecule has 6 heteroatoms. The van der Waals surface area contributed by atoms with Gasteiger partial charge in [-0.05, 0) is 36.6 Å². The molecule has 4 heterocycles. The first-order valence-corrected chi connectivity index (χ1v) is 11.5. The molecule has 0 N–H and O–H groups in total. The van der Waals surface area contributed by atoms with Crippen molar-refractivity contribution in [3.63, 3.8) is 0 Å². The van der Waals surface area contributed by atoms with E-state index in [0.29, 0.717) is 18.2 Å². The van der Waals surface area contributed by atoms with Gasteiger partial charge in [0.05, 0.1) is 11.8 Å². The molecular weight excluding hydrogens is 370 g/mol. The molecule has 0 saturated carbocycles. The Kier molecular flexibility index (Phi) is 5.29. The zero-order valence-electron chi connectivity index (χ0n) is 17.4. The van der Waals surface area contributed by atoms with Crippen molar-refractivity contribution >= 4 is 23.2 Å². The topological polar surface area (TPSA) is 43.9 Å². The fourth-order valence-electron chi connectivity index (χ4n) is 5.90. The predicted octanol–water partition coefficient (Wildman–Crippen LogP) is 2.72. The molecule has 5 nitrogen and oxygen atoms in total. The minimum atomic E-state index is -0.237. The lowest BCUT2D eigenvalue weighted by molar-refractivity contribution is -0.143. The number of hydrogen-bond donors (Lipinski definition) is 0. The normalized spacial score (nSPS) is 27.6. The Bertz CT molecular complexity index is 724. The summed E-state index contributed by atoms with van der Waals surface area (Å²) >= 11 is 1.65. The summed E-state index contributed by atoms with van der Waals surface area (Å²) in [6.07, 6.45) is 3.39. The summed E-state index contributed by atoms with van der Waals surface area (Å²) in [7, 11) is 1.95. The Hall–Kier alpha value is -1.40. The summed E-state index contributed by atoms with van der Waals surface area (Å²) in [5.74, 6) is 1.18. The van der Waals surface area contributed by atoms with E-state index in [1.165, 1.54) is 0 Å². The molecule has 28 heavy (non-hydrogen) atoms. The van der Waals surface area contributed by atoms with E-state index in [1.54, 1.807) is 11.3 Å². The number of rotatable bonds is 4. The lowest BCUT2D eigenvalue weighted by atomic mass is 9.60. The predicted molar refractivity (Wildman–Crippen MR) is 112 cm³/mol. The second-order valence-corrected chi connectivity index (χ2v) is 10.6. The van der Waals surface area contributed by atoms with E-state index in [4.69, 9.17) is 0 Å². The van der Waals surface area contributed by atoms with E-state index >= 15 is 0 Å². The minimum Gasteiger partial charge on any atom is -0.345 e. The number of nitrogens with zero attached hydrogens (tertiary/aromatic N) is 3. The minimum absolute atomic E-state index is 0.0312. The molecule has 154 valence electrons. The van der Waals surface area contributed by atoms with Crippen LogP contribution in [0.3, 0.4) is 0 Å². The molecule has 1 atom stereocenters. The van der Waals surface area contributed by atoms with Gasteiger partial charge in [-0.1, -0.05) is 19.9 Å². The smallest absolute Gasteiger partial charge is 0.230 e. The molecule has 0 radical (unpaired) electrons. The summed E-state index contributed by atoms with van der Waals surface area (Å²) in [6.45, 7) is 9.93. The molecule has 4 rings (SSSR count). The van der Waals surface area contributed by atoms with E-state index < -0.39 is 0 Å². The number of carbonyl (C=O) groups excluding carboxylic acids is 2. The highest BCUT2D eigenvalue weighted by atomic mass is 32.1. The maximum absolute atomic E-state index is 13.3. The van der Waals surface area contributed by atoms with Crippen molar-refractivity contribution in [3.8, 4) is 0 Å². The number of piperidine rings is 1. The second kappa shape index (κ2) is 7.45. The standard InChI is InChI=1S/C22H33N3O2S/c1-17(2)14-24-15-21(22(16-24)8-9-23(3)20(22)27)6-10-25(11-7-21)19(26)13-18-5-4-12-28-18/h4-5,12,17H,6-11,13-16H2,1-3H3. The number of amides is 2. The van der Waals surface area contributed by atoms with Crippen molar-refractivity contribution in [1.29, 1.82) is 0 Å². The molecule has 0 aliphatic carbocycles. The Labute approximate surface area is 172 Å². The average Bonchev–Trinajstić information content (AvgIpc) is 3.33. The third-order valence-corrected chi connectivity index (χ3v) is 8.14. The highest BCUT2D eigenvalue weighted by Gasteiger charge is 2.64. The molecule has 2 amide bonds. The maximum atomic E-state index is 13.3. The molecular formula is C22H33N3O2S. The first-order chi connectivity index (χ1) is 13.4. The zero-order valence-corrected chi connectivity index (χ0v) is 18.3. The number of carbonyl (C=O) groups is 2. The molecule has 3 aliphatic rings. The third-order valence-electron chi connectivity index (χ3n) is 7.27. The second-order valence-electron chi connectivity index (χ2n) is 9.54. The molecule has 3 fully saturated rings. The van der Waals surface area contributed by atoms with Gasteiger partial charge in [-0.25, -0.2) is 0 Å². The number of hydrogen-bond acceptors (Lipinski definition) is 4. The van der Waals surface area contributed by atoms with Crippen molar-refractivity contribution in [1.82, 2.24) is 14.7 Å². The van der Waals surface area contributed by atoms with Gasteiger partial charge < -0.3 is 14.7 Å². The molecule has 1 aromatic rings. The highest BCUT2D eigenvalue weighted by Crippen LogP contribution is 2.57. The number of fused-ring (bicyclic) bond motifs is 1. The highest BCUT2D eigenvalue weighted by molar-refractivity contribution is 7.10. The van der Waals surface area contributed by atoms with E-state index in [2.05, 4.69) is 18.7 Å². The third kappa shape index (κ3) is 3.28. The van der Waals surface area contributed by atoms with Crippen LogP contribution in [0.2, 0.25) is 0 Å². The summed E-state index contributed by atoms with van der Waals surface area (Å²) in [5, 5.41) is 2.03. The van der Waals surface area contributed by atoms with Gasteiger partial charge in [0, 0.05) is 56.6 Å². The van der Waals surface area contributed by atoms with Crippen LogP contribution in [0, 0.1) is 16.7 Å². The van der Waals surface area contributed by atoms with Crippen LogP contribution in [-0.2, 0) is 16.0 Å². The lowest BCUT2D eigenvalue weighted by Gasteiger charge is -2.47. The fourth-order valence-corrected chi connectivity index (χ4v) is 6.59. The van der Waals surface area contributed by atoms with Crippen LogP contribution < -0.4 is 0 Å². The van der Waals surface area contributed by atoms with Crippen LogP contribution in [-0.4, -0.2) is 72.8 Å². The monoisotopic (exact) mass is 403 g/mol. The van der Waals surface area contributed by atoms with Crippen LogP contribution in [0.25, 0.3) is 0 Å². The van der Waals surface area contributed by atoms with Gasteiger partial charge in [0.2, 0.25) is 11.8 Å². The van der Waals surface area contributed by atoms with Gasteiger partial charge in [-0.2, -0.15) is 0 Å². The first kappa shape index (κ1) is 19.9. The molecule has 0 aromatic carbocycles. The quantitative estimate of drug-likeness (QED) is 0.776. The number of thiophene rings is 1. The van der Waals surface area contributed by atoms with Crippen molar-refractivity contribution in [2.45, 2.75) is 39.5 Å². The van der Waals surface area contributed by atoms with Gasteiger partial charge >= 0.3 is 0 Å². The Morgan fingerprint density at radius 1 is 1.18 bits per heavy atom. The zero-order chi connectivity index (χ0) is 19.9. The maximum Gasteiger partial charge on any atom is 0.230 e. The van der Waals surface area contributed by atoms with Gasteiger partial charge in [-0.15, -0.1) is 11.3 Å². The van der Waals surface area contributed by atoms with E-state index in [0.717, 1.165) is 63.4 Å². The van der Waals surface area contributed by atoms with Crippen LogP contribution in [0.15, 0.2) is 17.5 Å². The molecule has 1 unspecified atom stereocenters. The first-order valence-electron chi connectivity index (χ1n) is 10.6. The summed E-state index contributed by atoms with van der Waals surface area (Å²) in [4.78, 5) is 33.7. The van der Waals surface area contributed by atoms with Crippen LogP contribution in [0.4, 0.5) is 0 Å². The van der Waals surface area contributed by atoms with Gasteiger partial charge in [0.25, 0.3) is 0 Å². The Morgan fingerprint density at radius 2 is 1.93 bits per heavy atom. The SMILES string of the molecule is CC(C)CN1CC2(CCN(C(=O)Cc3cccs3)CC2)C2(CCN(C)C2=O)C1. The average molecular weight is 404 g/mol. The molecule has 3 aliphatic heterocycles. The van der Waals surface area contributed by atoms with Crippen molar-refractivity contribution in [2.75, 3.05) is 46.3 Å². The Morgan fingerprint density at radius 3 is 2.50 bits per heavy atom. The number of likely N-dealkylation sites (tertiary alicyclic amines) is 3. The summed E-state index contributed by atoms with van der Waals surface area (Å²) in [5.41, 5.74) is -0.205. The van der Waals surface area contributed by atoms with Crippen LogP contribution in [0.1, 0.15) is 38.0 Å². The molecule has 3 saturated heterocycles. The summed E-state index contributed by atoms with van der Waals surface area (Å²) in [6, 6.07) is 4.04. The largest absolute Gasteiger partial charge is 0.345 e. The van der Waals surface area contributed by atoms with E-state index in [9.17, 15) is 9.59 Å². The van der Waals surface area contributed by atoms with Crippen molar-refractivity contribution in [3.05, 3.63) is 22.4 Å². The van der Waals surface area contributed by atoms with Gasteiger partial charge in [0.1, 0.15) is 0 Å². The molecule has 0 bridgehead atoms. The molecule has 1 aromatic heterocycles. The van der Waals surface area contributed by atoms with E-state index in [-0.39, 0.29) is 16.7 Å². The van der Waals surface area contributed by atoms with Crippen molar-refractivity contribution in [2.24, 2.45) is 16.7 Å². The van der Waals surface area contributed by atoms with E-state index in [1.807, 2.05) is 34.4 Å². The van der Waals surface area contributed by atoms with Crippen molar-refractivity contribution < 1.29 is 9.59 Å². The van der Waals surface area contributed by atoms with Crippen LogP contribution in [0.5, 0.6) is 0 Å². The fraction of sp³-hybridized carbons (Fsp3) is 0.727.